The van der Waals surface area contributed by atoms with E-state index in [0.29, 0.717) is 11.7 Å². The summed E-state index contributed by atoms with van der Waals surface area (Å²) < 4.78 is 10.6. The fourth-order valence-electron chi connectivity index (χ4n) is 3.59. The highest BCUT2D eigenvalue weighted by atomic mass is 35.5. The molecule has 0 radical (unpaired) electrons. The highest BCUT2D eigenvalue weighted by Gasteiger charge is 2.21. The van der Waals surface area contributed by atoms with Crippen LogP contribution in [0.25, 0.3) is 0 Å². The van der Waals surface area contributed by atoms with Crippen LogP contribution in [0.2, 0.25) is 0 Å². The first-order valence-electron chi connectivity index (χ1n) is 9.25. The Morgan fingerprint density at radius 3 is 2.68 bits per heavy atom. The van der Waals surface area contributed by atoms with Gasteiger partial charge >= 0.3 is 0 Å². The van der Waals surface area contributed by atoms with E-state index in [1.165, 1.54) is 45.4 Å². The maximum atomic E-state index is 5.38. The van der Waals surface area contributed by atoms with Gasteiger partial charge in [0.2, 0.25) is 5.89 Å². The highest BCUT2D eigenvalue weighted by molar-refractivity contribution is 5.85. The molecule has 2 saturated heterocycles. The summed E-state index contributed by atoms with van der Waals surface area (Å²) >= 11 is 0. The standard InChI is InChI=1S/C17H31N5O2.ClH/c1-14(23-2)17-19-16(24-20-17)13-22-9-3-8-21(10-11-22)12-15-4-6-18-7-5-15;/h14-15,18H,3-13H2,1-2H3;1H. The molecule has 25 heavy (non-hydrogen) atoms. The van der Waals surface area contributed by atoms with Gasteiger partial charge in [-0.3, -0.25) is 4.90 Å². The predicted octanol–water partition coefficient (Wildman–Crippen LogP) is 1.71. The molecule has 2 aliphatic heterocycles. The van der Waals surface area contributed by atoms with Crippen LogP contribution in [0.3, 0.4) is 0 Å². The van der Waals surface area contributed by atoms with Crippen molar-refractivity contribution in [3.8, 4) is 0 Å². The molecule has 1 aromatic heterocycles. The lowest BCUT2D eigenvalue weighted by Gasteiger charge is -2.29. The largest absolute Gasteiger partial charge is 0.374 e. The Bertz CT molecular complexity index is 495. The minimum absolute atomic E-state index is 0. The Morgan fingerprint density at radius 2 is 1.92 bits per heavy atom. The van der Waals surface area contributed by atoms with Crippen LogP contribution >= 0.6 is 12.4 Å². The van der Waals surface area contributed by atoms with Gasteiger partial charge in [0, 0.05) is 26.7 Å². The molecule has 2 aliphatic rings. The van der Waals surface area contributed by atoms with Gasteiger partial charge in [0.1, 0.15) is 6.10 Å². The van der Waals surface area contributed by atoms with E-state index >= 15 is 0 Å². The van der Waals surface area contributed by atoms with E-state index in [1.54, 1.807) is 7.11 Å². The lowest BCUT2D eigenvalue weighted by atomic mass is 9.97. The number of aromatic nitrogens is 2. The minimum Gasteiger partial charge on any atom is -0.374 e. The number of rotatable bonds is 6. The number of hydrogen-bond acceptors (Lipinski definition) is 7. The molecule has 0 bridgehead atoms. The lowest BCUT2D eigenvalue weighted by molar-refractivity contribution is 0.109. The number of ether oxygens (including phenoxy) is 1. The molecule has 3 heterocycles. The highest BCUT2D eigenvalue weighted by Crippen LogP contribution is 2.16. The average Bonchev–Trinajstić information content (AvgIpc) is 2.97. The first kappa shape index (κ1) is 20.6. The zero-order valence-electron chi connectivity index (χ0n) is 15.4. The Kier molecular flexibility index (Phi) is 8.58. The third-order valence-corrected chi connectivity index (χ3v) is 5.22. The zero-order chi connectivity index (χ0) is 16.8. The van der Waals surface area contributed by atoms with Crippen LogP contribution in [0.5, 0.6) is 0 Å². The fourth-order valence-corrected chi connectivity index (χ4v) is 3.59. The number of nitrogens with one attached hydrogen (secondary N) is 1. The van der Waals surface area contributed by atoms with Gasteiger partial charge < -0.3 is 19.5 Å². The average molecular weight is 374 g/mol. The number of piperidine rings is 1. The molecule has 2 fully saturated rings. The smallest absolute Gasteiger partial charge is 0.240 e. The van der Waals surface area contributed by atoms with Crippen molar-refractivity contribution in [1.29, 1.82) is 0 Å². The second-order valence-electron chi connectivity index (χ2n) is 7.05. The van der Waals surface area contributed by atoms with Crippen molar-refractivity contribution in [3.05, 3.63) is 11.7 Å². The summed E-state index contributed by atoms with van der Waals surface area (Å²) in [6, 6.07) is 0. The van der Waals surface area contributed by atoms with Crippen molar-refractivity contribution in [2.75, 3.05) is 52.9 Å². The van der Waals surface area contributed by atoms with E-state index in [9.17, 15) is 0 Å². The van der Waals surface area contributed by atoms with Gasteiger partial charge in [-0.25, -0.2) is 0 Å². The van der Waals surface area contributed by atoms with Gasteiger partial charge in [-0.15, -0.1) is 12.4 Å². The van der Waals surface area contributed by atoms with E-state index in [4.69, 9.17) is 9.26 Å². The molecule has 3 rings (SSSR count). The number of nitrogens with zero attached hydrogens (tertiary/aromatic N) is 4. The Balaban J connectivity index is 0.00000225. The summed E-state index contributed by atoms with van der Waals surface area (Å²) in [6.45, 7) is 10.8. The second-order valence-corrected chi connectivity index (χ2v) is 7.05. The SMILES string of the molecule is COC(C)c1noc(CN2CCCN(CC3CCNCC3)CC2)n1.Cl. The minimum atomic E-state index is -0.118. The summed E-state index contributed by atoms with van der Waals surface area (Å²) in [6.07, 6.45) is 3.73. The Hall–Kier alpha value is -0.730. The molecule has 7 nitrogen and oxygen atoms in total. The normalized spacial score (nSPS) is 22.3. The maximum Gasteiger partial charge on any atom is 0.240 e. The topological polar surface area (TPSA) is 66.7 Å². The Morgan fingerprint density at radius 1 is 1.20 bits per heavy atom. The van der Waals surface area contributed by atoms with Crippen LogP contribution in [0.4, 0.5) is 0 Å². The van der Waals surface area contributed by atoms with Crippen LogP contribution in [0, 0.1) is 5.92 Å². The molecule has 1 atom stereocenters. The Labute approximate surface area is 156 Å². The summed E-state index contributed by atoms with van der Waals surface area (Å²) in [7, 11) is 1.66. The molecule has 144 valence electrons. The fraction of sp³-hybridized carbons (Fsp3) is 0.882. The molecule has 1 N–H and O–H groups in total. The second kappa shape index (κ2) is 10.4. The van der Waals surface area contributed by atoms with Crippen LogP contribution in [-0.4, -0.2) is 72.9 Å². The molecular formula is C17H32ClN5O2. The van der Waals surface area contributed by atoms with Gasteiger partial charge in [0.05, 0.1) is 6.54 Å². The van der Waals surface area contributed by atoms with Gasteiger partial charge in [-0.05, 0) is 58.3 Å². The van der Waals surface area contributed by atoms with Crippen LogP contribution in [-0.2, 0) is 11.3 Å². The van der Waals surface area contributed by atoms with Crippen LogP contribution < -0.4 is 5.32 Å². The molecule has 0 spiro atoms. The summed E-state index contributed by atoms with van der Waals surface area (Å²) in [4.78, 5) is 9.52. The van der Waals surface area contributed by atoms with Crippen molar-refractivity contribution < 1.29 is 9.26 Å². The molecule has 1 unspecified atom stereocenters. The lowest BCUT2D eigenvalue weighted by Crippen LogP contribution is -2.38. The van der Waals surface area contributed by atoms with Crippen molar-refractivity contribution >= 4 is 12.4 Å². The van der Waals surface area contributed by atoms with Crippen molar-refractivity contribution in [2.45, 2.75) is 38.8 Å². The van der Waals surface area contributed by atoms with Gasteiger partial charge in [-0.2, -0.15) is 4.98 Å². The van der Waals surface area contributed by atoms with Crippen molar-refractivity contribution in [3.63, 3.8) is 0 Å². The predicted molar refractivity (Wildman–Crippen MR) is 98.9 cm³/mol. The van der Waals surface area contributed by atoms with Gasteiger partial charge in [-0.1, -0.05) is 5.16 Å². The summed E-state index contributed by atoms with van der Waals surface area (Å²) in [5.41, 5.74) is 0. The molecular weight excluding hydrogens is 342 g/mol. The number of hydrogen-bond donors (Lipinski definition) is 1. The first-order chi connectivity index (χ1) is 11.7. The quantitative estimate of drug-likeness (QED) is 0.814. The molecule has 1 aromatic rings. The number of halogens is 1. The third-order valence-electron chi connectivity index (χ3n) is 5.22. The van der Waals surface area contributed by atoms with E-state index in [2.05, 4.69) is 25.3 Å². The third kappa shape index (κ3) is 6.18. The number of methoxy groups -OCH3 is 1. The van der Waals surface area contributed by atoms with E-state index < -0.39 is 0 Å². The van der Waals surface area contributed by atoms with Crippen LogP contribution in [0.15, 0.2) is 4.52 Å². The first-order valence-corrected chi connectivity index (χ1v) is 9.25. The monoisotopic (exact) mass is 373 g/mol. The summed E-state index contributed by atoms with van der Waals surface area (Å²) in [5.74, 6) is 2.20. The van der Waals surface area contributed by atoms with Crippen LogP contribution in [0.1, 0.15) is 44.0 Å². The maximum absolute atomic E-state index is 5.38. The molecule has 0 aliphatic carbocycles. The van der Waals surface area contributed by atoms with Gasteiger partial charge in [0.25, 0.3) is 0 Å². The van der Waals surface area contributed by atoms with E-state index in [-0.39, 0.29) is 18.5 Å². The van der Waals surface area contributed by atoms with Gasteiger partial charge in [0.15, 0.2) is 5.82 Å². The molecule has 0 saturated carbocycles. The van der Waals surface area contributed by atoms with E-state index in [1.807, 2.05) is 6.92 Å². The van der Waals surface area contributed by atoms with Crippen molar-refractivity contribution in [2.24, 2.45) is 5.92 Å². The van der Waals surface area contributed by atoms with Crippen molar-refractivity contribution in [1.82, 2.24) is 25.3 Å². The summed E-state index contributed by atoms with van der Waals surface area (Å²) in [5, 5.41) is 7.47. The molecule has 0 aromatic carbocycles. The molecule has 8 heteroatoms. The van der Waals surface area contributed by atoms with E-state index in [0.717, 1.165) is 32.1 Å². The molecule has 0 amide bonds. The zero-order valence-corrected chi connectivity index (χ0v) is 16.3.